The molecule has 17 heavy (non-hydrogen) atoms. The fourth-order valence-electron chi connectivity index (χ4n) is 2.12. The molecule has 0 amide bonds. The van der Waals surface area contributed by atoms with Crippen molar-refractivity contribution in [3.8, 4) is 0 Å². The van der Waals surface area contributed by atoms with Crippen molar-refractivity contribution in [2.75, 3.05) is 32.8 Å². The molecule has 0 bridgehead atoms. The summed E-state index contributed by atoms with van der Waals surface area (Å²) in [6.07, 6.45) is 4.23. The van der Waals surface area contributed by atoms with Crippen LogP contribution in [0.15, 0.2) is 0 Å². The number of carbonyl (C=O) groups is 1. The standard InChI is InChI=1S/C13H25NO3/c1-3-10-17-12-6-5-8-14(11-12)9-7-13(15)16-4-2/h12H,3-11H2,1-2H3. The maximum atomic E-state index is 11.3. The lowest BCUT2D eigenvalue weighted by Crippen LogP contribution is -2.40. The molecule has 1 aliphatic heterocycles. The van der Waals surface area contributed by atoms with E-state index < -0.39 is 0 Å². The van der Waals surface area contributed by atoms with Crippen LogP contribution in [0, 0.1) is 0 Å². The van der Waals surface area contributed by atoms with Gasteiger partial charge in [0.15, 0.2) is 0 Å². The van der Waals surface area contributed by atoms with Gasteiger partial charge in [0.25, 0.3) is 0 Å². The number of esters is 1. The third kappa shape index (κ3) is 6.03. The molecule has 1 rings (SSSR count). The molecule has 0 aliphatic carbocycles. The fraction of sp³-hybridized carbons (Fsp3) is 0.923. The van der Waals surface area contributed by atoms with E-state index in [1.54, 1.807) is 0 Å². The fourth-order valence-corrected chi connectivity index (χ4v) is 2.12. The summed E-state index contributed by atoms with van der Waals surface area (Å²) in [5, 5.41) is 0. The van der Waals surface area contributed by atoms with Crippen molar-refractivity contribution < 1.29 is 14.3 Å². The van der Waals surface area contributed by atoms with Crippen molar-refractivity contribution >= 4 is 5.97 Å². The summed E-state index contributed by atoms with van der Waals surface area (Å²) in [6.45, 7) is 8.11. The molecule has 0 radical (unpaired) electrons. The average molecular weight is 243 g/mol. The van der Waals surface area contributed by atoms with Gasteiger partial charge in [-0.2, -0.15) is 0 Å². The smallest absolute Gasteiger partial charge is 0.307 e. The molecule has 1 saturated heterocycles. The number of likely N-dealkylation sites (tertiary alicyclic amines) is 1. The van der Waals surface area contributed by atoms with Gasteiger partial charge in [0.05, 0.1) is 19.1 Å². The number of ether oxygens (including phenoxy) is 2. The molecular formula is C13H25NO3. The number of hydrogen-bond donors (Lipinski definition) is 0. The Balaban J connectivity index is 2.17. The predicted octanol–water partition coefficient (Wildman–Crippen LogP) is 1.83. The molecule has 0 aromatic rings. The summed E-state index contributed by atoms with van der Waals surface area (Å²) >= 11 is 0. The second-order valence-corrected chi connectivity index (χ2v) is 4.49. The molecule has 0 aromatic heterocycles. The summed E-state index contributed by atoms with van der Waals surface area (Å²) in [6, 6.07) is 0. The molecule has 0 saturated carbocycles. The maximum Gasteiger partial charge on any atom is 0.307 e. The van der Waals surface area contributed by atoms with Crippen LogP contribution in [0.25, 0.3) is 0 Å². The van der Waals surface area contributed by atoms with Gasteiger partial charge in [0.1, 0.15) is 0 Å². The topological polar surface area (TPSA) is 38.8 Å². The number of piperidine rings is 1. The van der Waals surface area contributed by atoms with Crippen molar-refractivity contribution in [3.05, 3.63) is 0 Å². The van der Waals surface area contributed by atoms with E-state index in [-0.39, 0.29) is 5.97 Å². The van der Waals surface area contributed by atoms with Gasteiger partial charge in [0.2, 0.25) is 0 Å². The molecule has 4 nitrogen and oxygen atoms in total. The minimum absolute atomic E-state index is 0.0934. The number of nitrogens with zero attached hydrogens (tertiary/aromatic N) is 1. The summed E-state index contributed by atoms with van der Waals surface area (Å²) < 4.78 is 10.7. The first-order chi connectivity index (χ1) is 8.26. The number of rotatable bonds is 7. The normalized spacial score (nSPS) is 21.4. The van der Waals surface area contributed by atoms with E-state index >= 15 is 0 Å². The van der Waals surface area contributed by atoms with Gasteiger partial charge >= 0.3 is 5.97 Å². The van der Waals surface area contributed by atoms with Crippen LogP contribution in [0.2, 0.25) is 0 Å². The van der Waals surface area contributed by atoms with Crippen LogP contribution in [0.4, 0.5) is 0 Å². The highest BCUT2D eigenvalue weighted by Gasteiger charge is 2.20. The quantitative estimate of drug-likeness (QED) is 0.639. The van der Waals surface area contributed by atoms with Crippen LogP contribution >= 0.6 is 0 Å². The van der Waals surface area contributed by atoms with Gasteiger partial charge in [-0.05, 0) is 32.7 Å². The van der Waals surface area contributed by atoms with E-state index in [0.717, 1.165) is 45.5 Å². The SMILES string of the molecule is CCCOC1CCCN(CCC(=O)OCC)C1. The number of hydrogen-bond acceptors (Lipinski definition) is 4. The zero-order chi connectivity index (χ0) is 12.5. The largest absolute Gasteiger partial charge is 0.466 e. The lowest BCUT2D eigenvalue weighted by molar-refractivity contribution is -0.143. The van der Waals surface area contributed by atoms with Crippen molar-refractivity contribution in [2.45, 2.75) is 45.6 Å². The van der Waals surface area contributed by atoms with Crippen LogP contribution < -0.4 is 0 Å². The van der Waals surface area contributed by atoms with E-state index in [0.29, 0.717) is 19.1 Å². The predicted molar refractivity (Wildman–Crippen MR) is 67.0 cm³/mol. The van der Waals surface area contributed by atoms with E-state index in [1.165, 1.54) is 0 Å². The molecule has 0 N–H and O–H groups in total. The molecule has 1 aliphatic rings. The van der Waals surface area contributed by atoms with E-state index in [2.05, 4.69) is 11.8 Å². The van der Waals surface area contributed by atoms with Crippen molar-refractivity contribution in [1.29, 1.82) is 0 Å². The Kier molecular flexibility index (Phi) is 7.21. The van der Waals surface area contributed by atoms with Gasteiger partial charge in [-0.15, -0.1) is 0 Å². The molecular weight excluding hydrogens is 218 g/mol. The zero-order valence-corrected chi connectivity index (χ0v) is 11.1. The molecule has 0 spiro atoms. The highest BCUT2D eigenvalue weighted by molar-refractivity contribution is 5.69. The summed E-state index contributed by atoms with van der Waals surface area (Å²) in [5.41, 5.74) is 0. The highest BCUT2D eigenvalue weighted by atomic mass is 16.5. The van der Waals surface area contributed by atoms with Gasteiger partial charge in [-0.25, -0.2) is 0 Å². The molecule has 1 unspecified atom stereocenters. The third-order valence-corrected chi connectivity index (χ3v) is 2.96. The summed E-state index contributed by atoms with van der Waals surface area (Å²) in [7, 11) is 0. The lowest BCUT2D eigenvalue weighted by Gasteiger charge is -2.32. The Morgan fingerprint density at radius 2 is 2.24 bits per heavy atom. The Hall–Kier alpha value is -0.610. The van der Waals surface area contributed by atoms with Crippen molar-refractivity contribution in [2.24, 2.45) is 0 Å². The molecule has 1 atom stereocenters. The minimum Gasteiger partial charge on any atom is -0.466 e. The Bertz CT molecular complexity index is 221. The molecule has 100 valence electrons. The van der Waals surface area contributed by atoms with Crippen LogP contribution in [0.5, 0.6) is 0 Å². The monoisotopic (exact) mass is 243 g/mol. The van der Waals surface area contributed by atoms with Gasteiger partial charge in [-0.1, -0.05) is 6.92 Å². The van der Waals surface area contributed by atoms with Crippen LogP contribution in [-0.4, -0.2) is 49.8 Å². The van der Waals surface area contributed by atoms with Crippen molar-refractivity contribution in [3.63, 3.8) is 0 Å². The second-order valence-electron chi connectivity index (χ2n) is 4.49. The number of carbonyl (C=O) groups excluding carboxylic acids is 1. The second kappa shape index (κ2) is 8.48. The highest BCUT2D eigenvalue weighted by Crippen LogP contribution is 2.13. The Morgan fingerprint density at radius 3 is 2.94 bits per heavy atom. The molecule has 1 heterocycles. The van der Waals surface area contributed by atoms with Crippen LogP contribution in [0.1, 0.15) is 39.5 Å². The maximum absolute atomic E-state index is 11.3. The van der Waals surface area contributed by atoms with Crippen LogP contribution in [-0.2, 0) is 14.3 Å². The van der Waals surface area contributed by atoms with E-state index in [1.807, 2.05) is 6.92 Å². The van der Waals surface area contributed by atoms with E-state index in [4.69, 9.17) is 9.47 Å². The third-order valence-electron chi connectivity index (χ3n) is 2.96. The van der Waals surface area contributed by atoms with E-state index in [9.17, 15) is 4.79 Å². The van der Waals surface area contributed by atoms with Crippen LogP contribution in [0.3, 0.4) is 0 Å². The Morgan fingerprint density at radius 1 is 1.41 bits per heavy atom. The minimum atomic E-state index is -0.0934. The first-order valence-corrected chi connectivity index (χ1v) is 6.75. The first kappa shape index (κ1) is 14.5. The average Bonchev–Trinajstić information content (AvgIpc) is 2.35. The van der Waals surface area contributed by atoms with Gasteiger partial charge in [0, 0.05) is 19.7 Å². The first-order valence-electron chi connectivity index (χ1n) is 6.75. The van der Waals surface area contributed by atoms with Gasteiger partial charge < -0.3 is 14.4 Å². The zero-order valence-electron chi connectivity index (χ0n) is 11.1. The van der Waals surface area contributed by atoms with Crippen molar-refractivity contribution in [1.82, 2.24) is 4.90 Å². The van der Waals surface area contributed by atoms with Gasteiger partial charge in [-0.3, -0.25) is 4.79 Å². The Labute approximate surface area is 104 Å². The summed E-state index contributed by atoms with van der Waals surface area (Å²) in [4.78, 5) is 13.6. The molecule has 4 heteroatoms. The molecule has 1 fully saturated rings. The molecule has 0 aromatic carbocycles. The lowest BCUT2D eigenvalue weighted by atomic mass is 10.1. The summed E-state index contributed by atoms with van der Waals surface area (Å²) in [5.74, 6) is -0.0934.